The van der Waals surface area contributed by atoms with E-state index in [-0.39, 0.29) is 11.8 Å². The lowest BCUT2D eigenvalue weighted by atomic mass is 10.1. The van der Waals surface area contributed by atoms with E-state index in [9.17, 15) is 5.11 Å². The number of nitrogens with one attached hydrogen (secondary N) is 1. The summed E-state index contributed by atoms with van der Waals surface area (Å²) >= 11 is 0. The summed E-state index contributed by atoms with van der Waals surface area (Å²) in [6.07, 6.45) is 0. The molecule has 20 heavy (non-hydrogen) atoms. The van der Waals surface area contributed by atoms with E-state index in [1.165, 1.54) is 0 Å². The lowest BCUT2D eigenvalue weighted by molar-refractivity contribution is 0.338. The van der Waals surface area contributed by atoms with Gasteiger partial charge in [-0.15, -0.1) is 0 Å². The molecule has 1 aliphatic heterocycles. The molecule has 1 atom stereocenters. The molecule has 4 nitrogen and oxygen atoms in total. The lowest BCUT2D eigenvalue weighted by Crippen LogP contribution is -2.12. The number of rotatable bonds is 3. The van der Waals surface area contributed by atoms with Gasteiger partial charge in [-0.25, -0.2) is 0 Å². The van der Waals surface area contributed by atoms with E-state index in [2.05, 4.69) is 11.4 Å². The Balaban J connectivity index is 1.82. The number of fused-ring (bicyclic) bond motifs is 1. The van der Waals surface area contributed by atoms with Gasteiger partial charge in [0.1, 0.15) is 23.9 Å². The zero-order chi connectivity index (χ0) is 14.1. The van der Waals surface area contributed by atoms with Crippen LogP contribution >= 0.6 is 0 Å². The first-order valence-corrected chi connectivity index (χ1v) is 6.54. The Labute approximate surface area is 118 Å². The van der Waals surface area contributed by atoms with E-state index in [1.54, 1.807) is 19.2 Å². The van der Waals surface area contributed by atoms with E-state index in [4.69, 9.17) is 9.47 Å². The Hall–Kier alpha value is -2.36. The summed E-state index contributed by atoms with van der Waals surface area (Å²) in [6, 6.07) is 11.3. The quantitative estimate of drug-likeness (QED) is 0.899. The fraction of sp³-hybridized carbons (Fsp3) is 0.250. The molecule has 0 spiro atoms. The molecule has 2 aromatic carbocycles. The molecule has 104 valence electrons. The molecule has 3 rings (SSSR count). The minimum absolute atomic E-state index is 0.0957. The van der Waals surface area contributed by atoms with Crippen molar-refractivity contribution in [3.05, 3.63) is 47.5 Å². The van der Waals surface area contributed by atoms with Crippen LogP contribution in [0.1, 0.15) is 17.2 Å². The number of benzene rings is 2. The van der Waals surface area contributed by atoms with Crippen LogP contribution in [0.15, 0.2) is 36.4 Å². The molecule has 1 aliphatic rings. The lowest BCUT2D eigenvalue weighted by Gasteiger charge is -2.15. The normalized spacial score (nSPS) is 16.4. The van der Waals surface area contributed by atoms with Crippen molar-refractivity contribution in [1.29, 1.82) is 0 Å². The first-order valence-electron chi connectivity index (χ1n) is 6.54. The van der Waals surface area contributed by atoms with Crippen molar-refractivity contribution in [1.82, 2.24) is 0 Å². The monoisotopic (exact) mass is 271 g/mol. The van der Waals surface area contributed by atoms with Crippen molar-refractivity contribution in [3.63, 3.8) is 0 Å². The molecular weight excluding hydrogens is 254 g/mol. The Bertz CT molecular complexity index is 640. The minimum atomic E-state index is 0.0957. The number of ether oxygens (including phenoxy) is 2. The first kappa shape index (κ1) is 12.7. The molecule has 0 bridgehead atoms. The van der Waals surface area contributed by atoms with Crippen LogP contribution in [0.25, 0.3) is 0 Å². The van der Waals surface area contributed by atoms with Crippen molar-refractivity contribution in [2.75, 3.05) is 19.0 Å². The van der Waals surface area contributed by atoms with Crippen LogP contribution in [0.5, 0.6) is 17.2 Å². The Kier molecular flexibility index (Phi) is 3.14. The standard InChI is InChI=1S/C16H17NO3/c1-10-7-11(3-6-15(10)19-2)17-14-9-20-16-8-12(18)4-5-13(14)16/h3-8,14,17-18H,9H2,1-2H3. The number of phenols is 1. The first-order chi connectivity index (χ1) is 9.67. The van der Waals surface area contributed by atoms with Crippen LogP contribution in [0.2, 0.25) is 0 Å². The van der Waals surface area contributed by atoms with Gasteiger partial charge in [0.2, 0.25) is 0 Å². The van der Waals surface area contributed by atoms with E-state index in [1.807, 2.05) is 25.1 Å². The minimum Gasteiger partial charge on any atom is -0.508 e. The molecule has 0 radical (unpaired) electrons. The molecule has 0 fully saturated rings. The summed E-state index contributed by atoms with van der Waals surface area (Å²) in [6.45, 7) is 2.57. The van der Waals surface area contributed by atoms with Crippen LogP contribution in [0.4, 0.5) is 5.69 Å². The molecule has 2 aromatic rings. The fourth-order valence-electron chi connectivity index (χ4n) is 2.49. The average molecular weight is 271 g/mol. The molecular formula is C16H17NO3. The number of hydrogen-bond donors (Lipinski definition) is 2. The molecule has 0 aromatic heterocycles. The van der Waals surface area contributed by atoms with Crippen molar-refractivity contribution in [2.45, 2.75) is 13.0 Å². The molecule has 2 N–H and O–H groups in total. The SMILES string of the molecule is COc1ccc(NC2COc3cc(O)ccc32)cc1C. The van der Waals surface area contributed by atoms with Crippen molar-refractivity contribution >= 4 is 5.69 Å². The second-order valence-electron chi connectivity index (χ2n) is 4.91. The zero-order valence-corrected chi connectivity index (χ0v) is 11.5. The number of hydrogen-bond acceptors (Lipinski definition) is 4. The third-order valence-corrected chi connectivity index (χ3v) is 3.51. The van der Waals surface area contributed by atoms with Crippen LogP contribution in [0, 0.1) is 6.92 Å². The molecule has 0 aliphatic carbocycles. The fourth-order valence-corrected chi connectivity index (χ4v) is 2.49. The Morgan fingerprint density at radius 2 is 2.10 bits per heavy atom. The van der Waals surface area contributed by atoms with Gasteiger partial charge in [0, 0.05) is 17.3 Å². The predicted molar refractivity (Wildman–Crippen MR) is 77.7 cm³/mol. The average Bonchev–Trinajstić information content (AvgIpc) is 2.81. The van der Waals surface area contributed by atoms with E-state index in [0.717, 1.165) is 28.3 Å². The summed E-state index contributed by atoms with van der Waals surface area (Å²) < 4.78 is 10.9. The number of phenolic OH excluding ortho intramolecular Hbond substituents is 1. The van der Waals surface area contributed by atoms with Gasteiger partial charge in [-0.05, 0) is 42.8 Å². The Morgan fingerprint density at radius 1 is 1.25 bits per heavy atom. The van der Waals surface area contributed by atoms with Gasteiger partial charge >= 0.3 is 0 Å². The molecule has 4 heteroatoms. The number of aromatic hydroxyl groups is 1. The highest BCUT2D eigenvalue weighted by molar-refractivity contribution is 5.54. The van der Waals surface area contributed by atoms with Gasteiger partial charge in [0.25, 0.3) is 0 Å². The maximum atomic E-state index is 9.45. The predicted octanol–water partition coefficient (Wildman–Crippen LogP) is 3.25. The Morgan fingerprint density at radius 3 is 2.85 bits per heavy atom. The molecule has 0 saturated carbocycles. The zero-order valence-electron chi connectivity index (χ0n) is 11.5. The summed E-state index contributed by atoms with van der Waals surface area (Å²) in [5.74, 6) is 1.85. The second-order valence-corrected chi connectivity index (χ2v) is 4.91. The third kappa shape index (κ3) is 2.25. The van der Waals surface area contributed by atoms with E-state index in [0.29, 0.717) is 6.61 Å². The van der Waals surface area contributed by atoms with Crippen molar-refractivity contribution in [2.24, 2.45) is 0 Å². The maximum absolute atomic E-state index is 9.45. The number of aryl methyl sites for hydroxylation is 1. The summed E-state index contributed by atoms with van der Waals surface area (Å²) in [5.41, 5.74) is 3.18. The topological polar surface area (TPSA) is 50.7 Å². The largest absolute Gasteiger partial charge is 0.508 e. The highest BCUT2D eigenvalue weighted by Gasteiger charge is 2.24. The van der Waals surface area contributed by atoms with Crippen LogP contribution in [0.3, 0.4) is 0 Å². The van der Waals surface area contributed by atoms with E-state index < -0.39 is 0 Å². The van der Waals surface area contributed by atoms with Gasteiger partial charge < -0.3 is 19.9 Å². The maximum Gasteiger partial charge on any atom is 0.128 e. The van der Waals surface area contributed by atoms with Gasteiger partial charge in [-0.3, -0.25) is 0 Å². The van der Waals surface area contributed by atoms with Crippen LogP contribution in [-0.4, -0.2) is 18.8 Å². The second kappa shape index (κ2) is 4.96. The van der Waals surface area contributed by atoms with Crippen LogP contribution in [-0.2, 0) is 0 Å². The van der Waals surface area contributed by atoms with Crippen molar-refractivity contribution in [3.8, 4) is 17.2 Å². The molecule has 0 amide bonds. The smallest absolute Gasteiger partial charge is 0.128 e. The summed E-state index contributed by atoms with van der Waals surface area (Å²) in [5, 5.41) is 12.9. The molecule has 1 heterocycles. The van der Waals surface area contributed by atoms with Gasteiger partial charge in [0.05, 0.1) is 13.2 Å². The van der Waals surface area contributed by atoms with Gasteiger partial charge in [0.15, 0.2) is 0 Å². The highest BCUT2D eigenvalue weighted by atomic mass is 16.5. The number of methoxy groups -OCH3 is 1. The van der Waals surface area contributed by atoms with Crippen LogP contribution < -0.4 is 14.8 Å². The van der Waals surface area contributed by atoms with Gasteiger partial charge in [-0.1, -0.05) is 0 Å². The molecule has 0 saturated heterocycles. The number of anilines is 1. The third-order valence-electron chi connectivity index (χ3n) is 3.51. The van der Waals surface area contributed by atoms with E-state index >= 15 is 0 Å². The van der Waals surface area contributed by atoms with Crippen molar-refractivity contribution < 1.29 is 14.6 Å². The highest BCUT2D eigenvalue weighted by Crippen LogP contribution is 2.37. The molecule has 1 unspecified atom stereocenters. The summed E-state index contributed by atoms with van der Waals surface area (Å²) in [4.78, 5) is 0. The van der Waals surface area contributed by atoms with Gasteiger partial charge in [-0.2, -0.15) is 0 Å². The summed E-state index contributed by atoms with van der Waals surface area (Å²) in [7, 11) is 1.67.